The van der Waals surface area contributed by atoms with Gasteiger partial charge in [-0.15, -0.1) is 0 Å². The van der Waals surface area contributed by atoms with Crippen LogP contribution in [0.4, 0.5) is 0 Å². The van der Waals surface area contributed by atoms with Crippen LogP contribution in [0.25, 0.3) is 0 Å². The molecule has 0 aromatic carbocycles. The standard InChI is InChI=1S/C11H18N2O2/c1-5-10-9(11(14)15-6-2)7-12-13(10)8(3)4/h7-8H,5-6H2,1-4H3. The lowest BCUT2D eigenvalue weighted by Gasteiger charge is -2.10. The van der Waals surface area contributed by atoms with Crippen molar-refractivity contribution in [1.82, 2.24) is 9.78 Å². The summed E-state index contributed by atoms with van der Waals surface area (Å²) in [6.07, 6.45) is 2.38. The van der Waals surface area contributed by atoms with E-state index in [1.807, 2.05) is 25.5 Å². The monoisotopic (exact) mass is 210 g/mol. The molecule has 0 saturated heterocycles. The van der Waals surface area contributed by atoms with Gasteiger partial charge in [-0.3, -0.25) is 4.68 Å². The predicted molar refractivity (Wildman–Crippen MR) is 57.9 cm³/mol. The van der Waals surface area contributed by atoms with Crippen molar-refractivity contribution in [2.75, 3.05) is 6.61 Å². The molecule has 0 aliphatic carbocycles. The van der Waals surface area contributed by atoms with Crippen LogP contribution in [-0.2, 0) is 11.2 Å². The summed E-state index contributed by atoms with van der Waals surface area (Å²) in [6, 6.07) is 0.267. The fraction of sp³-hybridized carbons (Fsp3) is 0.636. The Balaban J connectivity index is 3.03. The molecular formula is C11H18N2O2. The van der Waals surface area contributed by atoms with Gasteiger partial charge in [0.15, 0.2) is 0 Å². The Morgan fingerprint density at radius 3 is 2.67 bits per heavy atom. The molecule has 0 spiro atoms. The number of aromatic nitrogens is 2. The number of nitrogens with zero attached hydrogens (tertiary/aromatic N) is 2. The van der Waals surface area contributed by atoms with E-state index >= 15 is 0 Å². The first-order valence-corrected chi connectivity index (χ1v) is 5.35. The Morgan fingerprint density at radius 2 is 2.20 bits per heavy atom. The molecule has 15 heavy (non-hydrogen) atoms. The lowest BCUT2D eigenvalue weighted by Crippen LogP contribution is -2.11. The number of esters is 1. The van der Waals surface area contributed by atoms with E-state index in [1.54, 1.807) is 13.1 Å². The number of ether oxygens (including phenoxy) is 1. The normalized spacial score (nSPS) is 10.7. The molecule has 1 rings (SSSR count). The maximum atomic E-state index is 11.6. The van der Waals surface area contributed by atoms with Crippen molar-refractivity contribution in [2.24, 2.45) is 0 Å². The molecule has 1 aromatic rings. The predicted octanol–water partition coefficient (Wildman–Crippen LogP) is 2.20. The molecule has 0 fully saturated rings. The zero-order chi connectivity index (χ0) is 11.4. The Morgan fingerprint density at radius 1 is 1.53 bits per heavy atom. The first kappa shape index (κ1) is 11.8. The minimum Gasteiger partial charge on any atom is -0.462 e. The van der Waals surface area contributed by atoms with E-state index in [0.717, 1.165) is 12.1 Å². The van der Waals surface area contributed by atoms with Crippen molar-refractivity contribution in [3.63, 3.8) is 0 Å². The second kappa shape index (κ2) is 4.96. The lowest BCUT2D eigenvalue weighted by atomic mass is 10.2. The summed E-state index contributed by atoms with van der Waals surface area (Å²) < 4.78 is 6.84. The van der Waals surface area contributed by atoms with Crippen molar-refractivity contribution in [3.05, 3.63) is 17.5 Å². The molecule has 84 valence electrons. The van der Waals surface area contributed by atoms with Crippen LogP contribution in [0.5, 0.6) is 0 Å². The summed E-state index contributed by atoms with van der Waals surface area (Å²) in [7, 11) is 0. The van der Waals surface area contributed by atoms with Gasteiger partial charge in [-0.2, -0.15) is 5.10 Å². The van der Waals surface area contributed by atoms with Crippen LogP contribution < -0.4 is 0 Å². The van der Waals surface area contributed by atoms with Crippen LogP contribution in [0, 0.1) is 0 Å². The molecule has 0 bridgehead atoms. The maximum Gasteiger partial charge on any atom is 0.341 e. The van der Waals surface area contributed by atoms with Gasteiger partial charge >= 0.3 is 5.97 Å². The molecule has 1 heterocycles. The molecule has 0 radical (unpaired) electrons. The van der Waals surface area contributed by atoms with Crippen LogP contribution >= 0.6 is 0 Å². The number of carbonyl (C=O) groups excluding carboxylic acids is 1. The third-order valence-electron chi connectivity index (χ3n) is 2.22. The van der Waals surface area contributed by atoms with E-state index in [0.29, 0.717) is 12.2 Å². The van der Waals surface area contributed by atoms with Gasteiger partial charge in [0.05, 0.1) is 18.5 Å². The lowest BCUT2D eigenvalue weighted by molar-refractivity contribution is 0.0525. The van der Waals surface area contributed by atoms with Crippen molar-refractivity contribution in [1.29, 1.82) is 0 Å². The molecule has 0 aliphatic heterocycles. The summed E-state index contributed by atoms with van der Waals surface area (Å²) in [5, 5.41) is 4.21. The topological polar surface area (TPSA) is 44.1 Å². The Hall–Kier alpha value is -1.32. The van der Waals surface area contributed by atoms with Gasteiger partial charge in [-0.05, 0) is 27.2 Å². The molecule has 0 N–H and O–H groups in total. The average Bonchev–Trinajstić information content (AvgIpc) is 2.61. The summed E-state index contributed by atoms with van der Waals surface area (Å²) in [5.41, 5.74) is 1.54. The van der Waals surface area contributed by atoms with Crippen LogP contribution in [0.2, 0.25) is 0 Å². The van der Waals surface area contributed by atoms with Gasteiger partial charge in [0, 0.05) is 6.04 Å². The molecule has 0 unspecified atom stereocenters. The van der Waals surface area contributed by atoms with E-state index in [2.05, 4.69) is 5.10 Å². The SMILES string of the molecule is CCOC(=O)c1cnn(C(C)C)c1CC. The third-order valence-corrected chi connectivity index (χ3v) is 2.22. The summed E-state index contributed by atoms with van der Waals surface area (Å²) in [4.78, 5) is 11.6. The van der Waals surface area contributed by atoms with Crippen LogP contribution in [0.15, 0.2) is 6.20 Å². The number of hydrogen-bond donors (Lipinski definition) is 0. The zero-order valence-electron chi connectivity index (χ0n) is 9.78. The minimum absolute atomic E-state index is 0.267. The summed E-state index contributed by atoms with van der Waals surface area (Å²) in [6.45, 7) is 8.30. The Labute approximate surface area is 90.2 Å². The first-order chi connectivity index (χ1) is 7.11. The van der Waals surface area contributed by atoms with Crippen molar-refractivity contribution in [2.45, 2.75) is 40.2 Å². The highest BCUT2D eigenvalue weighted by atomic mass is 16.5. The highest BCUT2D eigenvalue weighted by Gasteiger charge is 2.17. The van der Waals surface area contributed by atoms with Crippen LogP contribution in [-0.4, -0.2) is 22.4 Å². The number of hydrogen-bond acceptors (Lipinski definition) is 3. The second-order valence-electron chi connectivity index (χ2n) is 3.62. The van der Waals surface area contributed by atoms with Crippen molar-refractivity contribution < 1.29 is 9.53 Å². The molecular weight excluding hydrogens is 192 g/mol. The van der Waals surface area contributed by atoms with Crippen molar-refractivity contribution >= 4 is 5.97 Å². The van der Waals surface area contributed by atoms with Crippen LogP contribution in [0.3, 0.4) is 0 Å². The minimum atomic E-state index is -0.277. The Kier molecular flexibility index (Phi) is 3.88. The first-order valence-electron chi connectivity index (χ1n) is 5.35. The zero-order valence-corrected chi connectivity index (χ0v) is 9.78. The van der Waals surface area contributed by atoms with E-state index in [-0.39, 0.29) is 12.0 Å². The third kappa shape index (κ3) is 2.37. The largest absolute Gasteiger partial charge is 0.462 e. The molecule has 1 aromatic heterocycles. The summed E-state index contributed by atoms with van der Waals surface area (Å²) >= 11 is 0. The van der Waals surface area contributed by atoms with Crippen molar-refractivity contribution in [3.8, 4) is 0 Å². The maximum absolute atomic E-state index is 11.6. The van der Waals surface area contributed by atoms with Gasteiger partial charge in [-0.1, -0.05) is 6.92 Å². The number of carbonyl (C=O) groups is 1. The molecule has 4 heteroatoms. The molecule has 0 amide bonds. The second-order valence-corrected chi connectivity index (χ2v) is 3.62. The fourth-order valence-electron chi connectivity index (χ4n) is 1.56. The van der Waals surface area contributed by atoms with Gasteiger partial charge in [0.1, 0.15) is 5.56 Å². The van der Waals surface area contributed by atoms with Gasteiger partial charge < -0.3 is 4.74 Å². The van der Waals surface area contributed by atoms with E-state index in [1.165, 1.54) is 0 Å². The molecule has 0 aliphatic rings. The smallest absolute Gasteiger partial charge is 0.341 e. The number of rotatable bonds is 4. The average molecular weight is 210 g/mol. The Bertz CT molecular complexity index is 342. The van der Waals surface area contributed by atoms with E-state index in [4.69, 9.17) is 4.74 Å². The molecule has 0 saturated carbocycles. The fourth-order valence-corrected chi connectivity index (χ4v) is 1.56. The van der Waals surface area contributed by atoms with E-state index in [9.17, 15) is 4.79 Å². The molecule has 4 nitrogen and oxygen atoms in total. The van der Waals surface area contributed by atoms with Gasteiger partial charge in [0.25, 0.3) is 0 Å². The van der Waals surface area contributed by atoms with Gasteiger partial charge in [0.2, 0.25) is 0 Å². The van der Waals surface area contributed by atoms with Crippen LogP contribution in [0.1, 0.15) is 49.8 Å². The van der Waals surface area contributed by atoms with Gasteiger partial charge in [-0.25, -0.2) is 4.79 Å². The highest BCUT2D eigenvalue weighted by Crippen LogP contribution is 2.15. The highest BCUT2D eigenvalue weighted by molar-refractivity contribution is 5.90. The summed E-state index contributed by atoms with van der Waals surface area (Å²) in [5.74, 6) is -0.277. The quantitative estimate of drug-likeness (QED) is 0.715. The van der Waals surface area contributed by atoms with E-state index < -0.39 is 0 Å². The molecule has 0 atom stereocenters.